The molecule has 6 rings (SSSR count). The van der Waals surface area contributed by atoms with Gasteiger partial charge in [-0.05, 0) is 72.0 Å². The first-order chi connectivity index (χ1) is 19.6. The molecule has 41 heavy (non-hydrogen) atoms. The van der Waals surface area contributed by atoms with E-state index in [9.17, 15) is 19.1 Å². The minimum absolute atomic E-state index is 0.0256. The SMILES string of the molecule is Cn1cccc1-c1ccc(Nc2cc(-c3ccc(F)c(NC(=O)c4cc5c(s4)CC(C)(C)[C@H]5O)c3)n[nH]c2=O)nc1. The largest absolute Gasteiger partial charge is 0.388 e. The lowest BCUT2D eigenvalue weighted by atomic mass is 9.88. The molecule has 0 saturated carbocycles. The first-order valence-electron chi connectivity index (χ1n) is 13.0. The zero-order chi connectivity index (χ0) is 28.9. The minimum atomic E-state index is -0.652. The minimum Gasteiger partial charge on any atom is -0.388 e. The van der Waals surface area contributed by atoms with Crippen molar-refractivity contribution in [3.05, 3.63) is 98.5 Å². The first kappa shape index (κ1) is 26.6. The quantitative estimate of drug-likeness (QED) is 0.209. The Labute approximate surface area is 238 Å². The Morgan fingerprint density at radius 3 is 2.66 bits per heavy atom. The zero-order valence-electron chi connectivity index (χ0n) is 22.5. The molecule has 0 aliphatic heterocycles. The summed E-state index contributed by atoms with van der Waals surface area (Å²) in [7, 11) is 1.95. The van der Waals surface area contributed by atoms with Crippen LogP contribution >= 0.6 is 11.3 Å². The number of fused-ring (bicyclic) bond motifs is 1. The summed E-state index contributed by atoms with van der Waals surface area (Å²) in [5.74, 6) is -0.612. The van der Waals surface area contributed by atoms with Crippen molar-refractivity contribution in [3.8, 4) is 22.5 Å². The second-order valence-corrected chi connectivity index (χ2v) is 11.9. The van der Waals surface area contributed by atoms with E-state index in [0.29, 0.717) is 28.4 Å². The van der Waals surface area contributed by atoms with Crippen LogP contribution in [0.2, 0.25) is 0 Å². The van der Waals surface area contributed by atoms with Gasteiger partial charge in [-0.15, -0.1) is 11.3 Å². The second-order valence-electron chi connectivity index (χ2n) is 10.8. The molecule has 4 aromatic heterocycles. The van der Waals surface area contributed by atoms with Crippen LogP contribution in [0.4, 0.5) is 21.6 Å². The Bertz CT molecular complexity index is 1840. The number of aliphatic hydroxyl groups excluding tert-OH is 1. The van der Waals surface area contributed by atoms with Gasteiger partial charge in [-0.1, -0.05) is 13.8 Å². The van der Waals surface area contributed by atoms with Gasteiger partial charge in [0.25, 0.3) is 11.5 Å². The number of aliphatic hydroxyl groups is 1. The fourth-order valence-corrected chi connectivity index (χ4v) is 6.31. The molecule has 1 atom stereocenters. The number of rotatable bonds is 6. The summed E-state index contributed by atoms with van der Waals surface area (Å²) in [6.07, 6.45) is 3.69. The Balaban J connectivity index is 1.21. The number of anilines is 3. The molecule has 1 aliphatic rings. The standard InChI is InChI=1S/C30H27FN6O3S/c1-30(2)14-25-18(27(30)38)12-24(41-25)29(40)34-21-11-16(6-8-19(21)31)20-13-22(28(39)36-35-20)33-26-9-7-17(15-32-26)23-5-4-10-37(23)3/h4-13,15,27,38H,14H2,1-3H3,(H,34,40)(H,36,39)(H,32,33,35)/t27-/m0/s1. The number of hydrogen-bond acceptors (Lipinski definition) is 7. The van der Waals surface area contributed by atoms with Crippen molar-refractivity contribution in [2.24, 2.45) is 12.5 Å². The van der Waals surface area contributed by atoms with E-state index in [1.807, 2.05) is 49.9 Å². The number of pyridine rings is 1. The van der Waals surface area contributed by atoms with Gasteiger partial charge >= 0.3 is 0 Å². The number of carbonyl (C=O) groups excluding carboxylic acids is 1. The molecule has 0 bridgehead atoms. The lowest BCUT2D eigenvalue weighted by molar-refractivity contribution is 0.0665. The molecule has 0 unspecified atom stereocenters. The van der Waals surface area contributed by atoms with E-state index < -0.39 is 23.4 Å². The molecular weight excluding hydrogens is 543 g/mol. The van der Waals surface area contributed by atoms with Crippen LogP contribution < -0.4 is 16.2 Å². The molecule has 1 aliphatic carbocycles. The molecule has 0 spiro atoms. The van der Waals surface area contributed by atoms with Gasteiger partial charge in [0.2, 0.25) is 0 Å². The number of amides is 1. The van der Waals surface area contributed by atoms with Gasteiger partial charge in [0, 0.05) is 41.1 Å². The summed E-state index contributed by atoms with van der Waals surface area (Å²) >= 11 is 1.30. The second kappa shape index (κ2) is 10.1. The molecule has 1 amide bonds. The predicted octanol–water partition coefficient (Wildman–Crippen LogP) is 5.65. The highest BCUT2D eigenvalue weighted by Gasteiger charge is 2.39. The van der Waals surface area contributed by atoms with Gasteiger partial charge in [-0.2, -0.15) is 5.10 Å². The summed E-state index contributed by atoms with van der Waals surface area (Å²) in [6, 6.07) is 15.0. The van der Waals surface area contributed by atoms with Crippen molar-refractivity contribution in [1.82, 2.24) is 19.7 Å². The molecule has 0 radical (unpaired) electrons. The number of halogens is 1. The lowest BCUT2D eigenvalue weighted by Gasteiger charge is -2.22. The molecular formula is C30H27FN6O3S. The van der Waals surface area contributed by atoms with Gasteiger partial charge < -0.3 is 20.3 Å². The average molecular weight is 571 g/mol. The smallest absolute Gasteiger partial charge is 0.287 e. The van der Waals surface area contributed by atoms with Gasteiger partial charge in [0.15, 0.2) is 0 Å². The van der Waals surface area contributed by atoms with Crippen molar-refractivity contribution in [3.63, 3.8) is 0 Å². The Morgan fingerprint density at radius 2 is 1.95 bits per heavy atom. The highest BCUT2D eigenvalue weighted by atomic mass is 32.1. The van der Waals surface area contributed by atoms with Crippen LogP contribution in [-0.4, -0.2) is 30.8 Å². The summed E-state index contributed by atoms with van der Waals surface area (Å²) in [6.45, 7) is 3.96. The van der Waals surface area contributed by atoms with Crippen LogP contribution in [0.25, 0.3) is 22.5 Å². The summed E-state index contributed by atoms with van der Waals surface area (Å²) in [5.41, 5.74) is 2.99. The molecule has 5 aromatic rings. The van der Waals surface area contributed by atoms with E-state index in [1.54, 1.807) is 18.3 Å². The summed E-state index contributed by atoms with van der Waals surface area (Å²) in [5, 5.41) is 22.8. The molecule has 4 N–H and O–H groups in total. The van der Waals surface area contributed by atoms with Crippen LogP contribution in [0.1, 0.15) is 40.1 Å². The van der Waals surface area contributed by atoms with Crippen molar-refractivity contribution < 1.29 is 14.3 Å². The fourth-order valence-electron chi connectivity index (χ4n) is 4.98. The van der Waals surface area contributed by atoms with Gasteiger partial charge in [0.05, 0.1) is 22.4 Å². The molecule has 0 saturated heterocycles. The molecule has 1 aromatic carbocycles. The number of benzene rings is 1. The predicted molar refractivity (Wildman–Crippen MR) is 157 cm³/mol. The third-order valence-electron chi connectivity index (χ3n) is 7.30. The number of hydrogen-bond donors (Lipinski definition) is 4. The van der Waals surface area contributed by atoms with E-state index in [2.05, 4.69) is 25.8 Å². The maximum atomic E-state index is 14.7. The van der Waals surface area contributed by atoms with Crippen molar-refractivity contribution in [2.75, 3.05) is 10.6 Å². The number of aromatic nitrogens is 4. The fraction of sp³-hybridized carbons (Fsp3) is 0.200. The maximum Gasteiger partial charge on any atom is 0.287 e. The number of carbonyl (C=O) groups is 1. The number of aryl methyl sites for hydroxylation is 1. The number of thiophene rings is 1. The van der Waals surface area contributed by atoms with Crippen molar-refractivity contribution in [1.29, 1.82) is 0 Å². The van der Waals surface area contributed by atoms with Crippen LogP contribution in [0.15, 0.2) is 71.8 Å². The van der Waals surface area contributed by atoms with Gasteiger partial charge in [-0.3, -0.25) is 9.59 Å². The molecule has 11 heteroatoms. The maximum absolute atomic E-state index is 14.7. The lowest BCUT2D eigenvalue weighted by Crippen LogP contribution is -2.17. The Morgan fingerprint density at radius 1 is 1.15 bits per heavy atom. The Kier molecular flexibility index (Phi) is 6.55. The third-order valence-corrected chi connectivity index (χ3v) is 8.45. The van der Waals surface area contributed by atoms with Gasteiger partial charge in [0.1, 0.15) is 17.3 Å². The van der Waals surface area contributed by atoms with Crippen LogP contribution in [0.5, 0.6) is 0 Å². The molecule has 0 fully saturated rings. The Hall–Kier alpha value is -4.61. The van der Waals surface area contributed by atoms with Crippen molar-refractivity contribution >= 4 is 34.4 Å². The molecule has 4 heterocycles. The molecule has 9 nitrogen and oxygen atoms in total. The van der Waals surface area contributed by atoms with E-state index in [1.165, 1.54) is 35.6 Å². The van der Waals surface area contributed by atoms with E-state index in [-0.39, 0.29) is 16.8 Å². The van der Waals surface area contributed by atoms with Crippen LogP contribution in [0, 0.1) is 11.2 Å². The average Bonchev–Trinajstić information content (AvgIpc) is 3.62. The zero-order valence-corrected chi connectivity index (χ0v) is 23.3. The van der Waals surface area contributed by atoms with E-state index in [4.69, 9.17) is 0 Å². The van der Waals surface area contributed by atoms with E-state index >= 15 is 0 Å². The number of nitrogens with zero attached hydrogens (tertiary/aromatic N) is 3. The third kappa shape index (κ3) is 5.05. The summed E-state index contributed by atoms with van der Waals surface area (Å²) in [4.78, 5) is 31.3. The molecule has 208 valence electrons. The number of aromatic amines is 1. The van der Waals surface area contributed by atoms with Crippen LogP contribution in [0.3, 0.4) is 0 Å². The first-order valence-corrected chi connectivity index (χ1v) is 13.8. The number of nitrogens with one attached hydrogen (secondary N) is 3. The summed E-state index contributed by atoms with van der Waals surface area (Å²) < 4.78 is 16.7. The highest BCUT2D eigenvalue weighted by Crippen LogP contribution is 2.48. The van der Waals surface area contributed by atoms with E-state index in [0.717, 1.165) is 21.7 Å². The number of H-pyrrole nitrogens is 1. The highest BCUT2D eigenvalue weighted by molar-refractivity contribution is 7.14. The van der Waals surface area contributed by atoms with Gasteiger partial charge in [-0.25, -0.2) is 14.5 Å². The topological polar surface area (TPSA) is 125 Å². The normalized spacial score (nSPS) is 15.5. The monoisotopic (exact) mass is 570 g/mol. The van der Waals surface area contributed by atoms with Crippen molar-refractivity contribution in [2.45, 2.75) is 26.4 Å². The van der Waals surface area contributed by atoms with Crippen LogP contribution in [-0.2, 0) is 13.5 Å².